The van der Waals surface area contributed by atoms with E-state index in [-0.39, 0.29) is 0 Å². The molecule has 2 N–H and O–H groups in total. The van der Waals surface area contributed by atoms with Gasteiger partial charge >= 0.3 is 0 Å². The molecule has 156 valence electrons. The molecule has 4 rings (SSSR count). The molecular formula is C24H21F2N5. The zero-order chi connectivity index (χ0) is 21.6. The van der Waals surface area contributed by atoms with Crippen LogP contribution in [0.3, 0.4) is 0 Å². The van der Waals surface area contributed by atoms with E-state index >= 15 is 0 Å². The summed E-state index contributed by atoms with van der Waals surface area (Å²) in [5, 5.41) is 6.31. The van der Waals surface area contributed by atoms with Crippen molar-refractivity contribution in [3.8, 4) is 22.5 Å². The maximum Gasteiger partial charge on any atom is 0.224 e. The van der Waals surface area contributed by atoms with Crippen molar-refractivity contribution >= 4 is 11.8 Å². The van der Waals surface area contributed by atoms with E-state index < -0.39 is 11.6 Å². The Morgan fingerprint density at radius 1 is 0.839 bits per heavy atom. The maximum absolute atomic E-state index is 13.6. The van der Waals surface area contributed by atoms with Crippen molar-refractivity contribution in [3.63, 3.8) is 0 Å². The van der Waals surface area contributed by atoms with Crippen molar-refractivity contribution in [2.24, 2.45) is 0 Å². The van der Waals surface area contributed by atoms with Crippen LogP contribution >= 0.6 is 0 Å². The summed E-state index contributed by atoms with van der Waals surface area (Å²) in [7, 11) is 1.78. The summed E-state index contributed by atoms with van der Waals surface area (Å²) < 4.78 is 26.9. The number of aromatic nitrogens is 3. The Labute approximate surface area is 179 Å². The van der Waals surface area contributed by atoms with Crippen molar-refractivity contribution in [1.82, 2.24) is 15.0 Å². The zero-order valence-corrected chi connectivity index (χ0v) is 16.9. The Kier molecular flexibility index (Phi) is 6.12. The lowest BCUT2D eigenvalue weighted by Gasteiger charge is -2.11. The highest BCUT2D eigenvalue weighted by Gasteiger charge is 2.12. The molecule has 0 atom stereocenters. The topological polar surface area (TPSA) is 62.7 Å². The number of nitrogens with one attached hydrogen (secondary N) is 2. The summed E-state index contributed by atoms with van der Waals surface area (Å²) in [6, 6.07) is 19.3. The highest BCUT2D eigenvalue weighted by molar-refractivity contribution is 5.74. The van der Waals surface area contributed by atoms with Crippen LogP contribution in [0.4, 0.5) is 20.5 Å². The van der Waals surface area contributed by atoms with Gasteiger partial charge in [-0.15, -0.1) is 0 Å². The van der Waals surface area contributed by atoms with Gasteiger partial charge in [-0.3, -0.25) is 0 Å². The molecule has 0 aliphatic carbocycles. The number of hydrogen-bond acceptors (Lipinski definition) is 5. The van der Waals surface area contributed by atoms with Gasteiger partial charge in [0.25, 0.3) is 0 Å². The predicted octanol–water partition coefficient (Wildman–Crippen LogP) is 5.18. The molecule has 2 aromatic carbocycles. The average molecular weight is 417 g/mol. The molecule has 0 unspecified atom stereocenters. The molecule has 0 spiro atoms. The summed E-state index contributed by atoms with van der Waals surface area (Å²) in [6.07, 6.45) is 2.56. The molecule has 4 aromatic rings. The van der Waals surface area contributed by atoms with Crippen molar-refractivity contribution in [1.29, 1.82) is 0 Å². The SMILES string of the molecule is CNc1nc(NCCc2ccccc2)ncc1-c1cccc(-c2ccc(F)c(F)c2)n1. The second-order valence-electron chi connectivity index (χ2n) is 6.91. The van der Waals surface area contributed by atoms with Crippen LogP contribution in [0.5, 0.6) is 0 Å². The molecule has 5 nitrogen and oxygen atoms in total. The Balaban J connectivity index is 1.54. The largest absolute Gasteiger partial charge is 0.372 e. The molecule has 0 saturated heterocycles. The summed E-state index contributed by atoms with van der Waals surface area (Å²) >= 11 is 0. The Morgan fingerprint density at radius 3 is 2.42 bits per heavy atom. The van der Waals surface area contributed by atoms with Crippen LogP contribution in [0.2, 0.25) is 0 Å². The van der Waals surface area contributed by atoms with E-state index in [1.54, 1.807) is 19.3 Å². The first kappa shape index (κ1) is 20.4. The molecule has 2 aromatic heterocycles. The van der Waals surface area contributed by atoms with Crippen molar-refractivity contribution in [2.75, 3.05) is 24.2 Å². The lowest BCUT2D eigenvalue weighted by molar-refractivity contribution is 0.509. The molecule has 0 saturated carbocycles. The molecule has 0 fully saturated rings. The fraction of sp³-hybridized carbons (Fsp3) is 0.125. The van der Waals surface area contributed by atoms with Gasteiger partial charge in [0, 0.05) is 25.4 Å². The third kappa shape index (κ3) is 4.83. The fourth-order valence-corrected chi connectivity index (χ4v) is 3.21. The van der Waals surface area contributed by atoms with Gasteiger partial charge in [0.15, 0.2) is 11.6 Å². The Morgan fingerprint density at radius 2 is 1.65 bits per heavy atom. The third-order valence-corrected chi connectivity index (χ3v) is 4.81. The van der Waals surface area contributed by atoms with Crippen LogP contribution in [0.15, 0.2) is 72.9 Å². The first-order valence-electron chi connectivity index (χ1n) is 9.89. The van der Waals surface area contributed by atoms with Gasteiger partial charge in [0.2, 0.25) is 5.95 Å². The maximum atomic E-state index is 13.6. The van der Waals surface area contributed by atoms with E-state index in [2.05, 4.69) is 37.7 Å². The van der Waals surface area contributed by atoms with Crippen LogP contribution < -0.4 is 10.6 Å². The first-order valence-corrected chi connectivity index (χ1v) is 9.89. The van der Waals surface area contributed by atoms with Gasteiger partial charge in [-0.05, 0) is 42.3 Å². The number of hydrogen-bond donors (Lipinski definition) is 2. The number of nitrogens with zero attached hydrogens (tertiary/aromatic N) is 3. The monoisotopic (exact) mass is 417 g/mol. The summed E-state index contributed by atoms with van der Waals surface area (Å²) in [4.78, 5) is 13.5. The highest BCUT2D eigenvalue weighted by atomic mass is 19.2. The van der Waals surface area contributed by atoms with Gasteiger partial charge in [-0.2, -0.15) is 4.98 Å². The number of halogens is 2. The van der Waals surface area contributed by atoms with Crippen LogP contribution in [0, 0.1) is 11.6 Å². The van der Waals surface area contributed by atoms with Gasteiger partial charge < -0.3 is 10.6 Å². The Hall–Kier alpha value is -3.87. The second-order valence-corrected chi connectivity index (χ2v) is 6.91. The lowest BCUT2D eigenvalue weighted by Crippen LogP contribution is -2.09. The molecule has 0 aliphatic rings. The molecule has 0 radical (unpaired) electrons. The van der Waals surface area contributed by atoms with E-state index in [1.807, 2.05) is 30.3 Å². The number of benzene rings is 2. The van der Waals surface area contributed by atoms with Gasteiger partial charge in [0.05, 0.1) is 17.0 Å². The molecule has 2 heterocycles. The van der Waals surface area contributed by atoms with Gasteiger partial charge in [-0.1, -0.05) is 36.4 Å². The Bertz CT molecular complexity index is 1180. The van der Waals surface area contributed by atoms with Crippen molar-refractivity contribution in [3.05, 3.63) is 90.1 Å². The van der Waals surface area contributed by atoms with E-state index in [4.69, 9.17) is 0 Å². The first-order chi connectivity index (χ1) is 15.1. The van der Waals surface area contributed by atoms with Gasteiger partial charge in [-0.25, -0.2) is 18.7 Å². The quantitative estimate of drug-likeness (QED) is 0.434. The molecule has 0 amide bonds. The van der Waals surface area contributed by atoms with Crippen LogP contribution in [0.25, 0.3) is 22.5 Å². The van der Waals surface area contributed by atoms with Gasteiger partial charge in [0.1, 0.15) is 5.82 Å². The second kappa shape index (κ2) is 9.30. The fourth-order valence-electron chi connectivity index (χ4n) is 3.21. The summed E-state index contributed by atoms with van der Waals surface area (Å²) in [5.74, 6) is -0.663. The van der Waals surface area contributed by atoms with Crippen molar-refractivity contribution < 1.29 is 8.78 Å². The van der Waals surface area contributed by atoms with E-state index in [0.717, 1.165) is 18.6 Å². The molecule has 31 heavy (non-hydrogen) atoms. The molecule has 0 aliphatic heterocycles. The van der Waals surface area contributed by atoms with Crippen LogP contribution in [0.1, 0.15) is 5.56 Å². The van der Waals surface area contributed by atoms with Crippen LogP contribution in [-0.2, 0) is 6.42 Å². The standard InChI is InChI=1S/C24H21F2N5/c1-27-23-18(15-29-24(31-23)28-13-12-16-6-3-2-4-7-16)22-9-5-8-21(30-22)17-10-11-19(25)20(26)14-17/h2-11,14-15H,12-13H2,1H3,(H2,27,28,29,31). The lowest BCUT2D eigenvalue weighted by atomic mass is 10.1. The van der Waals surface area contributed by atoms with Crippen LogP contribution in [-0.4, -0.2) is 28.5 Å². The third-order valence-electron chi connectivity index (χ3n) is 4.81. The van der Waals surface area contributed by atoms with Crippen molar-refractivity contribution in [2.45, 2.75) is 6.42 Å². The molecular weight excluding hydrogens is 396 g/mol. The molecule has 7 heteroatoms. The highest BCUT2D eigenvalue weighted by Crippen LogP contribution is 2.28. The minimum atomic E-state index is -0.908. The predicted molar refractivity (Wildman–Crippen MR) is 119 cm³/mol. The minimum Gasteiger partial charge on any atom is -0.372 e. The minimum absolute atomic E-state index is 0.492. The summed E-state index contributed by atoms with van der Waals surface area (Å²) in [6.45, 7) is 0.705. The van der Waals surface area contributed by atoms with E-state index in [9.17, 15) is 8.78 Å². The number of pyridine rings is 1. The molecule has 0 bridgehead atoms. The normalized spacial score (nSPS) is 10.7. The number of rotatable bonds is 7. The van der Waals surface area contributed by atoms with E-state index in [0.29, 0.717) is 40.8 Å². The number of anilines is 2. The van der Waals surface area contributed by atoms with E-state index in [1.165, 1.54) is 11.6 Å². The smallest absolute Gasteiger partial charge is 0.224 e. The zero-order valence-electron chi connectivity index (χ0n) is 16.9. The summed E-state index contributed by atoms with van der Waals surface area (Å²) in [5.41, 5.74) is 3.59. The average Bonchev–Trinajstić information content (AvgIpc) is 2.81.